The standard InChI is InChI=1S/C19H22ClN3O/c1-14-5-3-4-6-17(14)19(2,24)18(23-13-21-12-22-23)11-15-7-9-16(20)10-8-15/h3-10,12-14,17-18,24H,11H2,1-2H3. The van der Waals surface area contributed by atoms with Crippen LogP contribution in [0, 0.1) is 11.8 Å². The lowest BCUT2D eigenvalue weighted by atomic mass is 9.72. The van der Waals surface area contributed by atoms with Gasteiger partial charge in [-0.3, -0.25) is 0 Å². The molecule has 126 valence electrons. The molecule has 4 unspecified atom stereocenters. The first kappa shape index (κ1) is 16.9. The molecule has 4 atom stereocenters. The fourth-order valence-electron chi connectivity index (χ4n) is 3.46. The summed E-state index contributed by atoms with van der Waals surface area (Å²) in [6.07, 6.45) is 12.1. The van der Waals surface area contributed by atoms with Gasteiger partial charge in [0.25, 0.3) is 0 Å². The summed E-state index contributed by atoms with van der Waals surface area (Å²) in [5.74, 6) is 0.255. The largest absolute Gasteiger partial charge is 0.387 e. The highest BCUT2D eigenvalue weighted by atomic mass is 35.5. The highest BCUT2D eigenvalue weighted by Gasteiger charge is 2.42. The Bertz CT molecular complexity index is 720. The zero-order valence-corrected chi connectivity index (χ0v) is 14.6. The van der Waals surface area contributed by atoms with Crippen molar-refractivity contribution in [1.82, 2.24) is 14.8 Å². The first-order valence-corrected chi connectivity index (χ1v) is 8.52. The number of hydrogen-bond acceptors (Lipinski definition) is 3. The average Bonchev–Trinajstić information content (AvgIpc) is 3.08. The predicted octanol–water partition coefficient (Wildman–Crippen LogP) is 3.84. The van der Waals surface area contributed by atoms with Gasteiger partial charge >= 0.3 is 0 Å². The molecule has 0 spiro atoms. The lowest BCUT2D eigenvalue weighted by Crippen LogP contribution is -2.46. The van der Waals surface area contributed by atoms with Crippen LogP contribution in [0.3, 0.4) is 0 Å². The molecule has 5 heteroatoms. The van der Waals surface area contributed by atoms with Crippen molar-refractivity contribution in [2.24, 2.45) is 11.8 Å². The van der Waals surface area contributed by atoms with E-state index in [4.69, 9.17) is 11.6 Å². The molecule has 0 radical (unpaired) electrons. The maximum atomic E-state index is 11.5. The minimum Gasteiger partial charge on any atom is -0.387 e. The monoisotopic (exact) mass is 343 g/mol. The Balaban J connectivity index is 1.93. The molecule has 0 bridgehead atoms. The fraction of sp³-hybridized carbons (Fsp3) is 0.368. The van der Waals surface area contributed by atoms with Crippen molar-refractivity contribution in [3.63, 3.8) is 0 Å². The summed E-state index contributed by atoms with van der Waals surface area (Å²) in [5.41, 5.74) is 0.122. The van der Waals surface area contributed by atoms with Crippen LogP contribution in [0.5, 0.6) is 0 Å². The minimum atomic E-state index is -0.978. The molecule has 1 aromatic carbocycles. The fourth-order valence-corrected chi connectivity index (χ4v) is 3.58. The van der Waals surface area contributed by atoms with E-state index < -0.39 is 5.60 Å². The average molecular weight is 344 g/mol. The van der Waals surface area contributed by atoms with Crippen LogP contribution in [-0.4, -0.2) is 25.5 Å². The van der Waals surface area contributed by atoms with Crippen molar-refractivity contribution < 1.29 is 5.11 Å². The number of allylic oxidation sites excluding steroid dienone is 3. The van der Waals surface area contributed by atoms with Gasteiger partial charge in [0, 0.05) is 10.9 Å². The Morgan fingerprint density at radius 2 is 1.96 bits per heavy atom. The van der Waals surface area contributed by atoms with E-state index in [1.54, 1.807) is 11.0 Å². The molecule has 4 nitrogen and oxygen atoms in total. The predicted molar refractivity (Wildman–Crippen MR) is 95.8 cm³/mol. The lowest BCUT2D eigenvalue weighted by Gasteiger charge is -2.41. The van der Waals surface area contributed by atoms with Crippen molar-refractivity contribution in [1.29, 1.82) is 0 Å². The minimum absolute atomic E-state index is 0.00370. The van der Waals surface area contributed by atoms with Crippen LogP contribution in [0.4, 0.5) is 0 Å². The van der Waals surface area contributed by atoms with E-state index in [2.05, 4.69) is 29.2 Å². The molecule has 24 heavy (non-hydrogen) atoms. The van der Waals surface area contributed by atoms with Crippen molar-refractivity contribution >= 4 is 11.6 Å². The van der Waals surface area contributed by atoms with E-state index in [9.17, 15) is 5.11 Å². The topological polar surface area (TPSA) is 50.9 Å². The molecule has 1 N–H and O–H groups in total. The summed E-state index contributed by atoms with van der Waals surface area (Å²) < 4.78 is 1.76. The number of nitrogens with zero attached hydrogens (tertiary/aromatic N) is 3. The molecular weight excluding hydrogens is 322 g/mol. The number of aliphatic hydroxyl groups is 1. The van der Waals surface area contributed by atoms with E-state index in [1.807, 2.05) is 43.3 Å². The van der Waals surface area contributed by atoms with Crippen LogP contribution >= 0.6 is 11.6 Å². The number of aromatic nitrogens is 3. The van der Waals surface area contributed by atoms with E-state index in [0.717, 1.165) is 5.56 Å². The molecule has 1 aliphatic rings. The SMILES string of the molecule is CC1C=CC=CC1C(C)(O)C(Cc1ccc(Cl)cc1)n1cncn1. The number of rotatable bonds is 5. The Kier molecular flexibility index (Phi) is 4.88. The van der Waals surface area contributed by atoms with E-state index in [0.29, 0.717) is 11.4 Å². The maximum absolute atomic E-state index is 11.5. The molecule has 0 amide bonds. The highest BCUT2D eigenvalue weighted by molar-refractivity contribution is 6.30. The van der Waals surface area contributed by atoms with Crippen LogP contribution in [0.1, 0.15) is 25.5 Å². The van der Waals surface area contributed by atoms with E-state index in [1.165, 1.54) is 6.33 Å². The zero-order chi connectivity index (χ0) is 17.2. The first-order chi connectivity index (χ1) is 11.5. The van der Waals surface area contributed by atoms with Crippen LogP contribution in [-0.2, 0) is 6.42 Å². The third kappa shape index (κ3) is 3.45. The van der Waals surface area contributed by atoms with Gasteiger partial charge in [-0.15, -0.1) is 0 Å². The van der Waals surface area contributed by atoms with Gasteiger partial charge in [-0.2, -0.15) is 5.10 Å². The van der Waals surface area contributed by atoms with E-state index >= 15 is 0 Å². The van der Waals surface area contributed by atoms with Crippen molar-refractivity contribution in [2.75, 3.05) is 0 Å². The molecule has 0 saturated heterocycles. The van der Waals surface area contributed by atoms with Gasteiger partial charge in [0.15, 0.2) is 0 Å². The zero-order valence-electron chi connectivity index (χ0n) is 13.9. The van der Waals surface area contributed by atoms with Crippen molar-refractivity contribution in [2.45, 2.75) is 31.9 Å². The highest BCUT2D eigenvalue weighted by Crippen LogP contribution is 2.39. The van der Waals surface area contributed by atoms with E-state index in [-0.39, 0.29) is 17.9 Å². The Labute approximate surface area is 147 Å². The second kappa shape index (κ2) is 6.91. The van der Waals surface area contributed by atoms with Gasteiger partial charge in [0.2, 0.25) is 0 Å². The Morgan fingerprint density at radius 1 is 1.25 bits per heavy atom. The molecule has 1 aromatic heterocycles. The second-order valence-electron chi connectivity index (χ2n) is 6.60. The molecule has 0 saturated carbocycles. The molecule has 3 rings (SSSR count). The van der Waals surface area contributed by atoms with Gasteiger partial charge in [0.1, 0.15) is 12.7 Å². The van der Waals surface area contributed by atoms with Gasteiger partial charge in [-0.05, 0) is 37.0 Å². The Hall–Kier alpha value is -1.91. The summed E-state index contributed by atoms with van der Waals surface area (Å²) in [4.78, 5) is 4.06. The smallest absolute Gasteiger partial charge is 0.137 e. The van der Waals surface area contributed by atoms with Gasteiger partial charge in [0.05, 0.1) is 11.6 Å². The van der Waals surface area contributed by atoms with Crippen LogP contribution < -0.4 is 0 Å². The summed E-state index contributed by atoms with van der Waals surface area (Å²) in [6, 6.07) is 7.49. The number of benzene rings is 1. The van der Waals surface area contributed by atoms with Crippen LogP contribution in [0.15, 0.2) is 61.2 Å². The molecule has 1 heterocycles. The normalized spacial score (nSPS) is 23.8. The summed E-state index contributed by atoms with van der Waals surface area (Å²) in [7, 11) is 0. The number of halogens is 1. The van der Waals surface area contributed by atoms with Gasteiger partial charge in [-0.1, -0.05) is 55.0 Å². The molecule has 0 aliphatic heterocycles. The maximum Gasteiger partial charge on any atom is 0.137 e. The van der Waals surface area contributed by atoms with Crippen molar-refractivity contribution in [3.05, 3.63) is 71.8 Å². The first-order valence-electron chi connectivity index (χ1n) is 8.14. The van der Waals surface area contributed by atoms with Gasteiger partial charge < -0.3 is 5.11 Å². The summed E-state index contributed by atoms with van der Waals surface area (Å²) in [6.45, 7) is 4.01. The second-order valence-corrected chi connectivity index (χ2v) is 7.04. The third-order valence-electron chi connectivity index (χ3n) is 4.86. The molecule has 2 aromatic rings. The Morgan fingerprint density at radius 3 is 2.58 bits per heavy atom. The van der Waals surface area contributed by atoms with Crippen LogP contribution in [0.25, 0.3) is 0 Å². The van der Waals surface area contributed by atoms with Crippen LogP contribution in [0.2, 0.25) is 5.02 Å². The van der Waals surface area contributed by atoms with Crippen molar-refractivity contribution in [3.8, 4) is 0 Å². The van der Waals surface area contributed by atoms with Gasteiger partial charge in [-0.25, -0.2) is 9.67 Å². The quantitative estimate of drug-likeness (QED) is 0.897. The molecule has 1 aliphatic carbocycles. The summed E-state index contributed by atoms with van der Waals surface area (Å²) >= 11 is 5.98. The molecular formula is C19H22ClN3O. The number of hydrogen-bond donors (Lipinski definition) is 1. The molecule has 0 fully saturated rings. The third-order valence-corrected chi connectivity index (χ3v) is 5.11. The lowest BCUT2D eigenvalue weighted by molar-refractivity contribution is -0.0468. The summed E-state index contributed by atoms with van der Waals surface area (Å²) in [5, 5.41) is 16.5.